The molecule has 15 heavy (non-hydrogen) atoms. The molecule has 0 aliphatic heterocycles. The topological polar surface area (TPSA) is 82.5 Å². The molecular weight excluding hydrogens is 327 g/mol. The summed E-state index contributed by atoms with van der Waals surface area (Å²) >= 11 is 6.86. The molecule has 0 spiro atoms. The van der Waals surface area contributed by atoms with Crippen LogP contribution < -0.4 is 5.73 Å². The van der Waals surface area contributed by atoms with Gasteiger partial charge >= 0.3 is 0 Å². The third-order valence-electron chi connectivity index (χ3n) is 1.52. The van der Waals surface area contributed by atoms with Gasteiger partial charge in [-0.1, -0.05) is 12.2 Å². The molecular formula is C7H5IN6S. The van der Waals surface area contributed by atoms with Gasteiger partial charge in [-0.15, -0.1) is 5.10 Å². The molecule has 0 fully saturated rings. The number of halogens is 1. The van der Waals surface area contributed by atoms with Crippen molar-refractivity contribution in [2.75, 3.05) is 0 Å². The maximum absolute atomic E-state index is 5.38. The zero-order chi connectivity index (χ0) is 10.8. The fraction of sp³-hybridized carbons (Fsp3) is 0. The molecule has 0 aliphatic rings. The van der Waals surface area contributed by atoms with E-state index in [9.17, 15) is 0 Å². The third-order valence-corrected chi connectivity index (χ3v) is 2.26. The molecule has 0 atom stereocenters. The number of nitrogens with zero attached hydrogens (tertiary/aromatic N) is 5. The quantitative estimate of drug-likeness (QED) is 0.629. The normalized spacial score (nSPS) is 10.2. The highest BCUT2D eigenvalue weighted by Gasteiger charge is 2.06. The third kappa shape index (κ3) is 2.26. The van der Waals surface area contributed by atoms with Gasteiger partial charge in [-0.25, -0.2) is 15.0 Å². The van der Waals surface area contributed by atoms with Gasteiger partial charge in [0.05, 0.1) is 0 Å². The van der Waals surface area contributed by atoms with Crippen LogP contribution in [-0.4, -0.2) is 29.7 Å². The first-order chi connectivity index (χ1) is 7.16. The molecule has 0 saturated heterocycles. The van der Waals surface area contributed by atoms with Crippen LogP contribution in [0.4, 0.5) is 0 Å². The molecule has 8 heteroatoms. The summed E-state index contributed by atoms with van der Waals surface area (Å²) in [7, 11) is 0. The van der Waals surface area contributed by atoms with Crippen molar-refractivity contribution >= 4 is 39.8 Å². The van der Waals surface area contributed by atoms with Gasteiger partial charge in [-0.2, -0.15) is 4.68 Å². The largest absolute Gasteiger partial charge is 0.387 e. The fourth-order valence-corrected chi connectivity index (χ4v) is 1.27. The summed E-state index contributed by atoms with van der Waals surface area (Å²) in [4.78, 5) is 12.2. The highest BCUT2D eigenvalue weighted by atomic mass is 127. The van der Waals surface area contributed by atoms with Gasteiger partial charge in [0.25, 0.3) is 5.95 Å². The summed E-state index contributed by atoms with van der Waals surface area (Å²) in [6.07, 6.45) is 4.84. The van der Waals surface area contributed by atoms with Gasteiger partial charge in [-0.3, -0.25) is 0 Å². The molecule has 0 saturated carbocycles. The van der Waals surface area contributed by atoms with E-state index >= 15 is 0 Å². The summed E-state index contributed by atoms with van der Waals surface area (Å²) in [5.74, 6) is 0.748. The van der Waals surface area contributed by atoms with E-state index < -0.39 is 0 Å². The van der Waals surface area contributed by atoms with Crippen molar-refractivity contribution in [2.24, 2.45) is 5.73 Å². The molecule has 2 rings (SSSR count). The van der Waals surface area contributed by atoms with E-state index in [1.54, 1.807) is 12.4 Å². The lowest BCUT2D eigenvalue weighted by Gasteiger charge is -1.96. The molecule has 76 valence electrons. The molecule has 2 aromatic heterocycles. The number of hydrogen-bond acceptors (Lipinski definition) is 5. The van der Waals surface area contributed by atoms with Crippen molar-refractivity contribution in [3.63, 3.8) is 0 Å². The Labute approximate surface area is 104 Å². The SMILES string of the molecule is NC(=S)c1ncn(-c2ncc(I)cn2)n1. The van der Waals surface area contributed by atoms with Crippen LogP contribution in [0.2, 0.25) is 0 Å². The Morgan fingerprint density at radius 3 is 2.53 bits per heavy atom. The predicted octanol–water partition coefficient (Wildman–Crippen LogP) is 0.296. The molecule has 0 radical (unpaired) electrons. The minimum absolute atomic E-state index is 0.152. The van der Waals surface area contributed by atoms with E-state index in [0.717, 1.165) is 3.57 Å². The molecule has 0 amide bonds. The molecule has 2 N–H and O–H groups in total. The zero-order valence-electron chi connectivity index (χ0n) is 7.33. The second kappa shape index (κ2) is 4.14. The van der Waals surface area contributed by atoms with Gasteiger partial charge in [-0.05, 0) is 22.6 Å². The lowest BCUT2D eigenvalue weighted by molar-refractivity contribution is 0.802. The molecule has 6 nitrogen and oxygen atoms in total. The second-order valence-corrected chi connectivity index (χ2v) is 4.26. The smallest absolute Gasteiger partial charge is 0.252 e. The molecule has 0 bridgehead atoms. The highest BCUT2D eigenvalue weighted by molar-refractivity contribution is 14.1. The summed E-state index contributed by atoms with van der Waals surface area (Å²) < 4.78 is 2.37. The fourth-order valence-electron chi connectivity index (χ4n) is 0.896. The van der Waals surface area contributed by atoms with Crippen molar-refractivity contribution < 1.29 is 0 Å². The highest BCUT2D eigenvalue weighted by Crippen LogP contribution is 2.02. The van der Waals surface area contributed by atoms with Crippen LogP contribution in [0.5, 0.6) is 0 Å². The van der Waals surface area contributed by atoms with Crippen molar-refractivity contribution in [1.82, 2.24) is 24.7 Å². The Bertz CT molecular complexity index is 492. The predicted molar refractivity (Wildman–Crippen MR) is 65.6 cm³/mol. The molecule has 0 aliphatic carbocycles. The van der Waals surface area contributed by atoms with Crippen LogP contribution in [0.1, 0.15) is 5.82 Å². The van der Waals surface area contributed by atoms with Gasteiger partial charge < -0.3 is 5.73 Å². The summed E-state index contributed by atoms with van der Waals surface area (Å²) in [5.41, 5.74) is 5.38. The lowest BCUT2D eigenvalue weighted by atomic mass is 10.6. The van der Waals surface area contributed by atoms with E-state index in [0.29, 0.717) is 11.8 Å². The molecule has 2 aromatic rings. The maximum atomic E-state index is 5.38. The van der Waals surface area contributed by atoms with Crippen LogP contribution >= 0.6 is 34.8 Å². The summed E-state index contributed by atoms with van der Waals surface area (Å²) in [6, 6.07) is 0. The first kappa shape index (κ1) is 10.4. The Kier molecular flexibility index (Phi) is 2.86. The van der Waals surface area contributed by atoms with Gasteiger partial charge in [0.1, 0.15) is 11.3 Å². The average Bonchev–Trinajstić information content (AvgIpc) is 2.68. The molecule has 0 aromatic carbocycles. The minimum Gasteiger partial charge on any atom is -0.387 e. The van der Waals surface area contributed by atoms with E-state index in [4.69, 9.17) is 18.0 Å². The lowest BCUT2D eigenvalue weighted by Crippen LogP contribution is -2.12. The Balaban J connectivity index is 2.37. The van der Waals surface area contributed by atoms with E-state index in [2.05, 4.69) is 42.6 Å². The van der Waals surface area contributed by atoms with Crippen LogP contribution in [0.3, 0.4) is 0 Å². The molecule has 0 unspecified atom stereocenters. The Morgan fingerprint density at radius 1 is 1.33 bits per heavy atom. The van der Waals surface area contributed by atoms with Crippen molar-refractivity contribution in [1.29, 1.82) is 0 Å². The first-order valence-corrected chi connectivity index (χ1v) is 5.35. The zero-order valence-corrected chi connectivity index (χ0v) is 10.3. The van der Waals surface area contributed by atoms with Crippen molar-refractivity contribution in [3.8, 4) is 5.95 Å². The first-order valence-electron chi connectivity index (χ1n) is 3.86. The second-order valence-electron chi connectivity index (χ2n) is 2.58. The number of rotatable bonds is 2. The van der Waals surface area contributed by atoms with Crippen LogP contribution in [0.15, 0.2) is 18.7 Å². The number of thiocarbonyl (C=S) groups is 1. The van der Waals surface area contributed by atoms with Gasteiger partial charge in [0.15, 0.2) is 0 Å². The number of hydrogen-bond donors (Lipinski definition) is 1. The monoisotopic (exact) mass is 332 g/mol. The minimum atomic E-state index is 0.152. The maximum Gasteiger partial charge on any atom is 0.252 e. The summed E-state index contributed by atoms with van der Waals surface area (Å²) in [5, 5.41) is 4.02. The Morgan fingerprint density at radius 2 is 2.00 bits per heavy atom. The van der Waals surface area contributed by atoms with Crippen LogP contribution in [0.25, 0.3) is 5.95 Å². The van der Waals surface area contributed by atoms with Gasteiger partial charge in [0, 0.05) is 16.0 Å². The number of aromatic nitrogens is 5. The number of nitrogens with two attached hydrogens (primary N) is 1. The summed E-state index contributed by atoms with van der Waals surface area (Å²) in [6.45, 7) is 0. The van der Waals surface area contributed by atoms with Gasteiger partial charge in [0.2, 0.25) is 5.82 Å². The van der Waals surface area contributed by atoms with E-state index in [1.165, 1.54) is 11.0 Å². The van der Waals surface area contributed by atoms with Crippen molar-refractivity contribution in [3.05, 3.63) is 28.1 Å². The van der Waals surface area contributed by atoms with E-state index in [1.807, 2.05) is 0 Å². The standard InChI is InChI=1S/C7H5IN6S/c8-4-1-10-7(11-2-4)14-3-12-6(13-14)5(9)15/h1-3H,(H2,9,15). The Hall–Kier alpha value is -1.16. The molecule has 2 heterocycles. The van der Waals surface area contributed by atoms with Crippen LogP contribution in [-0.2, 0) is 0 Å². The van der Waals surface area contributed by atoms with E-state index in [-0.39, 0.29) is 4.99 Å². The van der Waals surface area contributed by atoms with Crippen molar-refractivity contribution in [2.45, 2.75) is 0 Å². The average molecular weight is 332 g/mol. The van der Waals surface area contributed by atoms with Crippen LogP contribution in [0, 0.1) is 3.57 Å².